The molecule has 12 heteroatoms. The van der Waals surface area contributed by atoms with E-state index in [1.54, 1.807) is 34.6 Å². The van der Waals surface area contributed by atoms with E-state index < -0.39 is 0 Å². The van der Waals surface area contributed by atoms with Crippen LogP contribution in [-0.4, -0.2) is 78.4 Å². The number of aromatic hydroxyl groups is 1. The highest BCUT2D eigenvalue weighted by atomic mass is 16.5. The summed E-state index contributed by atoms with van der Waals surface area (Å²) in [6, 6.07) is 14.9. The molecule has 0 unspecified atom stereocenters. The summed E-state index contributed by atoms with van der Waals surface area (Å²) in [7, 11) is 0. The quantitative estimate of drug-likeness (QED) is 0.347. The summed E-state index contributed by atoms with van der Waals surface area (Å²) in [5.74, 6) is 0.907. The number of piperazine rings is 1. The monoisotopic (exact) mass is 499 g/mol. The van der Waals surface area contributed by atoms with Gasteiger partial charge < -0.3 is 24.2 Å². The van der Waals surface area contributed by atoms with Crippen LogP contribution in [0.5, 0.6) is 5.75 Å². The number of fused-ring (bicyclic) bond motifs is 2. The Labute approximate surface area is 211 Å². The SMILES string of the molecule is CCOC(=O)Cn1cnc2c(-n3nnc4ccccc43)nc(N3CCN(c4ccc(O)cc4)CC3)nc21. The number of carbonyl (C=O) groups excluding carboxylic acids is 1. The molecule has 1 aliphatic rings. The number of hydrogen-bond donors (Lipinski definition) is 1. The molecule has 12 nitrogen and oxygen atoms in total. The fraction of sp³-hybridized carbons (Fsp3) is 0.280. The van der Waals surface area contributed by atoms with Crippen LogP contribution in [0.4, 0.5) is 11.6 Å². The first kappa shape index (κ1) is 22.7. The number of rotatable bonds is 6. The zero-order chi connectivity index (χ0) is 25.4. The number of nitrogens with zero attached hydrogens (tertiary/aromatic N) is 9. The van der Waals surface area contributed by atoms with Gasteiger partial charge in [-0.1, -0.05) is 17.3 Å². The van der Waals surface area contributed by atoms with E-state index in [0.29, 0.717) is 42.6 Å². The summed E-state index contributed by atoms with van der Waals surface area (Å²) in [4.78, 5) is 30.9. The second-order valence-electron chi connectivity index (χ2n) is 8.68. The van der Waals surface area contributed by atoms with Crippen LogP contribution in [0.2, 0.25) is 0 Å². The van der Waals surface area contributed by atoms with Crippen LogP contribution >= 0.6 is 0 Å². The number of carbonyl (C=O) groups is 1. The van der Waals surface area contributed by atoms with Gasteiger partial charge in [-0.3, -0.25) is 4.79 Å². The number of benzene rings is 2. The summed E-state index contributed by atoms with van der Waals surface area (Å²) < 4.78 is 8.48. The van der Waals surface area contributed by atoms with Gasteiger partial charge in [-0.05, 0) is 43.3 Å². The van der Waals surface area contributed by atoms with Crippen molar-refractivity contribution in [3.63, 3.8) is 0 Å². The number of phenols is 1. The minimum atomic E-state index is -0.364. The Morgan fingerprint density at radius 3 is 2.54 bits per heavy atom. The lowest BCUT2D eigenvalue weighted by molar-refractivity contribution is -0.143. The van der Waals surface area contributed by atoms with Gasteiger partial charge in [0, 0.05) is 31.9 Å². The number of hydrogen-bond acceptors (Lipinski definition) is 10. The van der Waals surface area contributed by atoms with E-state index in [2.05, 4.69) is 25.1 Å². The van der Waals surface area contributed by atoms with E-state index in [9.17, 15) is 9.90 Å². The second-order valence-corrected chi connectivity index (χ2v) is 8.68. The van der Waals surface area contributed by atoms with Gasteiger partial charge in [-0.25, -0.2) is 4.98 Å². The van der Waals surface area contributed by atoms with Gasteiger partial charge in [0.25, 0.3) is 0 Å². The summed E-state index contributed by atoms with van der Waals surface area (Å²) in [5, 5.41) is 18.2. The minimum absolute atomic E-state index is 0.00698. The number of anilines is 2. The molecule has 188 valence electrons. The lowest BCUT2D eigenvalue weighted by atomic mass is 10.2. The first-order chi connectivity index (χ1) is 18.1. The van der Waals surface area contributed by atoms with E-state index in [0.717, 1.165) is 29.8 Å². The zero-order valence-electron chi connectivity index (χ0n) is 20.2. The van der Waals surface area contributed by atoms with Crippen LogP contribution in [0.3, 0.4) is 0 Å². The van der Waals surface area contributed by atoms with Crippen molar-refractivity contribution in [2.24, 2.45) is 0 Å². The molecule has 1 fully saturated rings. The van der Waals surface area contributed by atoms with Crippen LogP contribution in [-0.2, 0) is 16.1 Å². The van der Waals surface area contributed by atoms with Crippen molar-refractivity contribution in [3.8, 4) is 11.6 Å². The van der Waals surface area contributed by atoms with Crippen LogP contribution in [0, 0.1) is 0 Å². The van der Waals surface area contributed by atoms with Crippen molar-refractivity contribution >= 4 is 39.8 Å². The largest absolute Gasteiger partial charge is 0.508 e. The Bertz CT molecular complexity index is 1570. The molecule has 0 radical (unpaired) electrons. The maximum atomic E-state index is 12.2. The average molecular weight is 500 g/mol. The maximum absolute atomic E-state index is 12.2. The maximum Gasteiger partial charge on any atom is 0.326 e. The molecule has 1 N–H and O–H groups in total. The molecule has 0 aliphatic carbocycles. The highest BCUT2D eigenvalue weighted by Crippen LogP contribution is 2.26. The molecule has 1 saturated heterocycles. The standard InChI is InChI=1S/C25H25N9O3/c1-2-37-21(36)15-33-16-26-22-23(33)27-25(28-24(22)34-20-6-4-3-5-19(20)29-30-34)32-13-11-31(12-14-32)17-7-9-18(35)10-8-17/h3-10,16,35H,2,11-15H2,1H3. The molecule has 0 bridgehead atoms. The summed E-state index contributed by atoms with van der Waals surface area (Å²) in [6.07, 6.45) is 1.57. The number of phenolic OH excluding ortho intramolecular Hbond substituents is 1. The van der Waals surface area contributed by atoms with E-state index in [4.69, 9.17) is 14.7 Å². The fourth-order valence-corrected chi connectivity index (χ4v) is 4.52. The van der Waals surface area contributed by atoms with E-state index in [-0.39, 0.29) is 18.3 Å². The predicted octanol–water partition coefficient (Wildman–Crippen LogP) is 2.16. The van der Waals surface area contributed by atoms with Crippen LogP contribution in [0.15, 0.2) is 54.9 Å². The number of aromatic nitrogens is 7. The Kier molecular flexibility index (Phi) is 5.75. The summed E-state index contributed by atoms with van der Waals surface area (Å²) in [5.41, 5.74) is 3.63. The van der Waals surface area contributed by atoms with Crippen molar-refractivity contribution < 1.29 is 14.6 Å². The van der Waals surface area contributed by atoms with Crippen molar-refractivity contribution in [3.05, 3.63) is 54.9 Å². The Hall–Kier alpha value is -4.74. The van der Waals surface area contributed by atoms with Crippen molar-refractivity contribution in [2.45, 2.75) is 13.5 Å². The van der Waals surface area contributed by atoms with E-state index in [1.807, 2.05) is 36.4 Å². The molecule has 0 atom stereocenters. The van der Waals surface area contributed by atoms with Gasteiger partial charge in [0.1, 0.15) is 17.8 Å². The third kappa shape index (κ3) is 4.26. The molecule has 0 saturated carbocycles. The Morgan fingerprint density at radius 1 is 1.00 bits per heavy atom. The van der Waals surface area contributed by atoms with Gasteiger partial charge in [0.15, 0.2) is 17.0 Å². The third-order valence-corrected chi connectivity index (χ3v) is 6.37. The molecule has 0 amide bonds. The van der Waals surface area contributed by atoms with Gasteiger partial charge in [0.05, 0.1) is 18.5 Å². The summed E-state index contributed by atoms with van der Waals surface area (Å²) in [6.45, 7) is 4.97. The van der Waals surface area contributed by atoms with Gasteiger partial charge in [-0.2, -0.15) is 14.6 Å². The van der Waals surface area contributed by atoms with Gasteiger partial charge in [-0.15, -0.1) is 5.10 Å². The van der Waals surface area contributed by atoms with Crippen molar-refractivity contribution in [1.29, 1.82) is 0 Å². The van der Waals surface area contributed by atoms with Crippen LogP contribution < -0.4 is 9.80 Å². The first-order valence-electron chi connectivity index (χ1n) is 12.1. The topological polar surface area (TPSA) is 127 Å². The highest BCUT2D eigenvalue weighted by molar-refractivity contribution is 5.85. The number of imidazole rings is 1. The molecule has 6 rings (SSSR count). The molecule has 1 aliphatic heterocycles. The summed E-state index contributed by atoms with van der Waals surface area (Å²) >= 11 is 0. The minimum Gasteiger partial charge on any atom is -0.508 e. The molecule has 0 spiro atoms. The molecular formula is C25H25N9O3. The molecule has 5 aromatic rings. The zero-order valence-corrected chi connectivity index (χ0v) is 20.2. The van der Waals surface area contributed by atoms with Gasteiger partial charge in [0.2, 0.25) is 5.95 Å². The normalized spacial score (nSPS) is 14.0. The number of para-hydroxylation sites is 1. The molecule has 37 heavy (non-hydrogen) atoms. The number of esters is 1. The molecule has 2 aromatic carbocycles. The second kappa shape index (κ2) is 9.37. The average Bonchev–Trinajstić information content (AvgIpc) is 3.53. The third-order valence-electron chi connectivity index (χ3n) is 6.37. The van der Waals surface area contributed by atoms with Crippen molar-refractivity contribution in [1.82, 2.24) is 34.5 Å². The molecular weight excluding hydrogens is 474 g/mol. The van der Waals surface area contributed by atoms with Crippen molar-refractivity contribution in [2.75, 3.05) is 42.6 Å². The molecule has 4 heterocycles. The fourth-order valence-electron chi connectivity index (χ4n) is 4.52. The van der Waals surface area contributed by atoms with Crippen LogP contribution in [0.25, 0.3) is 28.0 Å². The Balaban J connectivity index is 1.38. The van der Waals surface area contributed by atoms with Gasteiger partial charge >= 0.3 is 5.97 Å². The molecule has 3 aromatic heterocycles. The predicted molar refractivity (Wildman–Crippen MR) is 137 cm³/mol. The smallest absolute Gasteiger partial charge is 0.326 e. The lowest BCUT2D eigenvalue weighted by Gasteiger charge is -2.36. The highest BCUT2D eigenvalue weighted by Gasteiger charge is 2.24. The van der Waals surface area contributed by atoms with Crippen LogP contribution in [0.1, 0.15) is 6.92 Å². The first-order valence-corrected chi connectivity index (χ1v) is 12.1. The number of ether oxygens (including phenoxy) is 1. The van der Waals surface area contributed by atoms with E-state index in [1.165, 1.54) is 0 Å². The Morgan fingerprint density at radius 2 is 1.76 bits per heavy atom. The lowest BCUT2D eigenvalue weighted by Crippen LogP contribution is -2.47. The van der Waals surface area contributed by atoms with E-state index >= 15 is 0 Å².